The molecule has 1 atom stereocenters. The molecule has 1 unspecified atom stereocenters. The minimum Gasteiger partial charge on any atom is -0.466 e. The molecular formula is C12H21O3Si-. The van der Waals surface area contributed by atoms with Gasteiger partial charge in [0.25, 0.3) is 0 Å². The van der Waals surface area contributed by atoms with Crippen LogP contribution in [0.15, 0.2) is 11.8 Å². The summed E-state index contributed by atoms with van der Waals surface area (Å²) in [6.07, 6.45) is 3.95. The van der Waals surface area contributed by atoms with Crippen molar-refractivity contribution in [2.24, 2.45) is 0 Å². The molecule has 0 spiro atoms. The van der Waals surface area contributed by atoms with E-state index in [0.29, 0.717) is 11.3 Å². The fraction of sp³-hybridized carbons (Fsp3) is 0.667. The van der Waals surface area contributed by atoms with Gasteiger partial charge in [0.1, 0.15) is 0 Å². The standard InChI is InChI=1S/C12H21O3Si/c1-9(14)15-12-7-11(16(2,3)4)6-5-10(12)8-13/h7,11,13H,5-6,8H2,1-4H3/q-1. The van der Waals surface area contributed by atoms with Crippen LogP contribution in [-0.4, -0.2) is 25.8 Å². The highest BCUT2D eigenvalue weighted by atomic mass is 28.3. The number of aliphatic hydroxyl groups excluding tert-OH is 1. The molecule has 0 saturated carbocycles. The lowest BCUT2D eigenvalue weighted by molar-refractivity contribution is -0.137. The maximum absolute atomic E-state index is 11.0. The normalized spacial score (nSPS) is 21.7. The molecule has 0 amide bonds. The van der Waals surface area contributed by atoms with Crippen LogP contribution in [0.2, 0.25) is 25.2 Å². The van der Waals surface area contributed by atoms with E-state index in [4.69, 9.17) is 4.74 Å². The van der Waals surface area contributed by atoms with Gasteiger partial charge in [-0.1, -0.05) is 38.0 Å². The van der Waals surface area contributed by atoms with Crippen molar-refractivity contribution in [3.05, 3.63) is 17.8 Å². The average Bonchev–Trinajstić information content (AvgIpc) is 2.15. The zero-order valence-electron chi connectivity index (χ0n) is 10.5. The summed E-state index contributed by atoms with van der Waals surface area (Å²) >= 11 is 0. The van der Waals surface area contributed by atoms with Gasteiger partial charge < -0.3 is 9.84 Å². The van der Waals surface area contributed by atoms with Crippen molar-refractivity contribution in [1.82, 2.24) is 0 Å². The number of aliphatic hydroxyl groups is 1. The van der Waals surface area contributed by atoms with Gasteiger partial charge in [-0.2, -0.15) is 6.08 Å². The molecule has 0 fully saturated rings. The Kier molecular flexibility index (Phi) is 4.21. The summed E-state index contributed by atoms with van der Waals surface area (Å²) in [5, 5.41) is 9.21. The highest BCUT2D eigenvalue weighted by Crippen LogP contribution is 2.39. The third kappa shape index (κ3) is 3.38. The molecule has 0 aromatic carbocycles. The van der Waals surface area contributed by atoms with Crippen molar-refractivity contribution in [2.45, 2.75) is 44.9 Å². The van der Waals surface area contributed by atoms with Gasteiger partial charge in [0.05, 0.1) is 0 Å². The van der Waals surface area contributed by atoms with Gasteiger partial charge in [0, 0.05) is 21.6 Å². The summed E-state index contributed by atoms with van der Waals surface area (Å²) in [6.45, 7) is 8.31. The first-order valence-electron chi connectivity index (χ1n) is 5.70. The van der Waals surface area contributed by atoms with Crippen LogP contribution in [0.4, 0.5) is 0 Å². The fourth-order valence-electron chi connectivity index (χ4n) is 1.94. The van der Waals surface area contributed by atoms with Crippen LogP contribution < -0.4 is 0 Å². The van der Waals surface area contributed by atoms with Crippen LogP contribution in [-0.2, 0) is 9.53 Å². The van der Waals surface area contributed by atoms with Crippen LogP contribution in [0.5, 0.6) is 0 Å². The summed E-state index contributed by atoms with van der Waals surface area (Å²) in [4.78, 5) is 11.0. The molecule has 0 aromatic heterocycles. The molecule has 4 heteroatoms. The van der Waals surface area contributed by atoms with Gasteiger partial charge in [-0.05, 0) is 5.76 Å². The van der Waals surface area contributed by atoms with Crippen LogP contribution in [0.3, 0.4) is 0 Å². The second-order valence-electron chi connectivity index (χ2n) is 5.40. The van der Waals surface area contributed by atoms with Gasteiger partial charge in [0.15, 0.2) is 0 Å². The number of esters is 1. The molecule has 3 nitrogen and oxygen atoms in total. The number of rotatable bonds is 3. The van der Waals surface area contributed by atoms with Crippen LogP contribution in [0, 0.1) is 5.92 Å². The number of hydrogen-bond donors (Lipinski definition) is 1. The number of carbonyl (C=O) groups is 1. The summed E-state index contributed by atoms with van der Waals surface area (Å²) in [5.41, 5.74) is 0.525. The third-order valence-electron chi connectivity index (χ3n) is 3.02. The lowest BCUT2D eigenvalue weighted by atomic mass is 9.94. The topological polar surface area (TPSA) is 46.5 Å². The first-order chi connectivity index (χ1) is 7.34. The Morgan fingerprint density at radius 2 is 2.25 bits per heavy atom. The van der Waals surface area contributed by atoms with E-state index in [1.165, 1.54) is 6.92 Å². The van der Waals surface area contributed by atoms with Gasteiger partial charge in [-0.3, -0.25) is 4.79 Å². The summed E-state index contributed by atoms with van der Waals surface area (Å²) in [5.74, 6) is 1.15. The molecule has 1 N–H and O–H groups in total. The Hall–Kier alpha value is -0.743. The molecule has 16 heavy (non-hydrogen) atoms. The van der Waals surface area contributed by atoms with Gasteiger partial charge in [-0.15, -0.1) is 5.92 Å². The predicted molar refractivity (Wildman–Crippen MR) is 66.5 cm³/mol. The highest BCUT2D eigenvalue weighted by molar-refractivity contribution is 6.78. The summed E-state index contributed by atoms with van der Waals surface area (Å²) in [7, 11) is -1.25. The van der Waals surface area contributed by atoms with Crippen LogP contribution >= 0.6 is 0 Å². The van der Waals surface area contributed by atoms with E-state index < -0.39 is 8.07 Å². The average molecular weight is 241 g/mol. The number of hydrogen-bond acceptors (Lipinski definition) is 3. The van der Waals surface area contributed by atoms with Crippen molar-refractivity contribution in [3.63, 3.8) is 0 Å². The monoisotopic (exact) mass is 241 g/mol. The zero-order valence-corrected chi connectivity index (χ0v) is 11.5. The second kappa shape index (κ2) is 5.06. The quantitative estimate of drug-likeness (QED) is 0.469. The van der Waals surface area contributed by atoms with Crippen molar-refractivity contribution in [2.75, 3.05) is 6.61 Å². The minimum absolute atomic E-state index is 0.0163. The SMILES string of the molecule is CC(=O)OC1=CC([Si](C)(C)C)CC[C-]1CO. The third-order valence-corrected chi connectivity index (χ3v) is 5.70. The van der Waals surface area contributed by atoms with E-state index in [0.717, 1.165) is 18.8 Å². The Bertz CT molecular complexity index is 291. The molecule has 1 aliphatic carbocycles. The van der Waals surface area contributed by atoms with Gasteiger partial charge in [-0.25, -0.2) is 0 Å². The van der Waals surface area contributed by atoms with Crippen molar-refractivity contribution < 1.29 is 14.6 Å². The lowest BCUT2D eigenvalue weighted by Gasteiger charge is -2.40. The van der Waals surface area contributed by atoms with Gasteiger partial charge in [0.2, 0.25) is 0 Å². The van der Waals surface area contributed by atoms with E-state index in [2.05, 4.69) is 19.6 Å². The van der Waals surface area contributed by atoms with E-state index >= 15 is 0 Å². The zero-order chi connectivity index (χ0) is 12.3. The van der Waals surface area contributed by atoms with Crippen molar-refractivity contribution in [3.8, 4) is 0 Å². The first kappa shape index (κ1) is 13.3. The van der Waals surface area contributed by atoms with E-state index in [1.807, 2.05) is 6.08 Å². The lowest BCUT2D eigenvalue weighted by Crippen LogP contribution is -2.31. The maximum Gasteiger partial charge on any atom is 0.305 e. The highest BCUT2D eigenvalue weighted by Gasteiger charge is 2.25. The van der Waals surface area contributed by atoms with E-state index in [1.54, 1.807) is 0 Å². The fourth-order valence-corrected chi connectivity index (χ4v) is 3.60. The predicted octanol–water partition coefficient (Wildman–Crippen LogP) is 2.50. The van der Waals surface area contributed by atoms with Gasteiger partial charge >= 0.3 is 5.97 Å². The Labute approximate surface area is 98.5 Å². The molecule has 0 bridgehead atoms. The summed E-state index contributed by atoms with van der Waals surface area (Å²) in [6, 6.07) is 0. The molecule has 0 heterocycles. The van der Waals surface area contributed by atoms with E-state index in [9.17, 15) is 9.90 Å². The largest absolute Gasteiger partial charge is 0.466 e. The molecule has 1 aliphatic rings. The van der Waals surface area contributed by atoms with Crippen molar-refractivity contribution in [1.29, 1.82) is 0 Å². The van der Waals surface area contributed by atoms with Crippen LogP contribution in [0.25, 0.3) is 0 Å². The van der Waals surface area contributed by atoms with Crippen LogP contribution in [0.1, 0.15) is 19.8 Å². The molecule has 0 aliphatic heterocycles. The Morgan fingerprint density at radius 1 is 1.62 bits per heavy atom. The Balaban J connectivity index is 2.86. The molecule has 92 valence electrons. The summed E-state index contributed by atoms with van der Waals surface area (Å²) < 4.78 is 5.17. The van der Waals surface area contributed by atoms with E-state index in [-0.39, 0.29) is 12.6 Å². The molecule has 0 aromatic rings. The number of ether oxygens (including phenoxy) is 1. The molecule has 0 saturated heterocycles. The maximum atomic E-state index is 11.0. The molecular weight excluding hydrogens is 220 g/mol. The Morgan fingerprint density at radius 3 is 2.69 bits per heavy atom. The number of carbonyl (C=O) groups excluding carboxylic acids is 1. The smallest absolute Gasteiger partial charge is 0.305 e. The molecule has 0 radical (unpaired) electrons. The number of allylic oxidation sites excluding steroid dienone is 1. The first-order valence-corrected chi connectivity index (χ1v) is 9.28. The second-order valence-corrected chi connectivity index (χ2v) is 10.9. The minimum atomic E-state index is -1.25. The molecule has 1 rings (SSSR count). The van der Waals surface area contributed by atoms with Crippen molar-refractivity contribution >= 4 is 14.0 Å².